The summed E-state index contributed by atoms with van der Waals surface area (Å²) in [5.74, 6) is 0.817. The Morgan fingerprint density at radius 3 is 2.81 bits per heavy atom. The van der Waals surface area contributed by atoms with Gasteiger partial charge in [-0.3, -0.25) is 4.21 Å². The van der Waals surface area contributed by atoms with Gasteiger partial charge in [0.1, 0.15) is 5.82 Å². The first kappa shape index (κ1) is 14.1. The number of pyridine rings is 1. The van der Waals surface area contributed by atoms with Crippen LogP contribution < -0.4 is 5.32 Å². The van der Waals surface area contributed by atoms with Gasteiger partial charge in [-0.05, 0) is 44.3 Å². The molecule has 1 heterocycles. The zero-order chi connectivity index (χ0) is 12.1. The molecular weight excluding hydrogens is 356 g/mol. The maximum absolute atomic E-state index is 11.1. The Kier molecular flexibility index (Phi) is 5.92. The smallest absolute Gasteiger partial charge is 0.140 e. The summed E-state index contributed by atoms with van der Waals surface area (Å²) < 4.78 is 13.0. The predicted molar refractivity (Wildman–Crippen MR) is 76.3 cm³/mol. The second-order valence-corrected chi connectivity index (χ2v) is 7.08. The minimum Gasteiger partial charge on any atom is -0.369 e. The topological polar surface area (TPSA) is 42.0 Å². The molecule has 1 rings (SSSR count). The molecule has 1 aromatic rings. The van der Waals surface area contributed by atoms with E-state index in [2.05, 4.69) is 42.2 Å². The average molecular weight is 370 g/mol. The Hall–Kier alpha value is 0.0600. The highest BCUT2D eigenvalue weighted by molar-refractivity contribution is 9.11. The summed E-state index contributed by atoms with van der Waals surface area (Å²) >= 11 is 6.77. The molecule has 1 aromatic heterocycles. The highest BCUT2D eigenvalue weighted by Gasteiger charge is 2.06. The van der Waals surface area contributed by atoms with Crippen LogP contribution in [0.4, 0.5) is 5.82 Å². The van der Waals surface area contributed by atoms with E-state index in [1.807, 2.05) is 13.0 Å². The van der Waals surface area contributed by atoms with Crippen LogP contribution in [0.3, 0.4) is 0 Å². The highest BCUT2D eigenvalue weighted by Crippen LogP contribution is 2.23. The molecule has 2 atom stereocenters. The first-order chi connectivity index (χ1) is 7.50. The van der Waals surface area contributed by atoms with E-state index >= 15 is 0 Å². The molecule has 2 unspecified atom stereocenters. The zero-order valence-corrected chi connectivity index (χ0v) is 13.2. The van der Waals surface area contributed by atoms with Crippen molar-refractivity contribution in [3.8, 4) is 0 Å². The molecule has 0 spiro atoms. The molecule has 0 saturated carbocycles. The van der Waals surface area contributed by atoms with Crippen LogP contribution in [0.1, 0.15) is 13.3 Å². The van der Waals surface area contributed by atoms with Gasteiger partial charge in [-0.15, -0.1) is 0 Å². The second kappa shape index (κ2) is 6.71. The van der Waals surface area contributed by atoms with E-state index in [1.54, 1.807) is 12.5 Å². The quantitative estimate of drug-likeness (QED) is 0.866. The third-order valence-corrected chi connectivity index (χ3v) is 4.62. The van der Waals surface area contributed by atoms with Crippen LogP contribution in [0.25, 0.3) is 0 Å². The molecular formula is C10H14Br2N2OS. The molecule has 3 nitrogen and oxygen atoms in total. The number of rotatable bonds is 5. The minimum atomic E-state index is -0.757. The zero-order valence-electron chi connectivity index (χ0n) is 9.17. The van der Waals surface area contributed by atoms with E-state index in [1.165, 1.54) is 0 Å². The van der Waals surface area contributed by atoms with Gasteiger partial charge in [-0.2, -0.15) is 0 Å². The van der Waals surface area contributed by atoms with Gasteiger partial charge in [0.15, 0.2) is 0 Å². The van der Waals surface area contributed by atoms with Crippen molar-refractivity contribution in [1.29, 1.82) is 0 Å². The molecule has 0 saturated heterocycles. The molecule has 1 N–H and O–H groups in total. The van der Waals surface area contributed by atoms with Crippen LogP contribution in [-0.4, -0.2) is 27.2 Å². The Morgan fingerprint density at radius 2 is 2.25 bits per heavy atom. The third kappa shape index (κ3) is 4.51. The van der Waals surface area contributed by atoms with Gasteiger partial charge < -0.3 is 5.32 Å². The summed E-state index contributed by atoms with van der Waals surface area (Å²) in [6, 6.07) is 1.94. The van der Waals surface area contributed by atoms with Crippen LogP contribution in [0.2, 0.25) is 0 Å². The van der Waals surface area contributed by atoms with Gasteiger partial charge in [0.2, 0.25) is 0 Å². The lowest BCUT2D eigenvalue weighted by molar-refractivity contribution is 0.672. The summed E-state index contributed by atoms with van der Waals surface area (Å²) in [7, 11) is -0.757. The molecule has 90 valence electrons. The van der Waals surface area contributed by atoms with Crippen molar-refractivity contribution in [1.82, 2.24) is 4.98 Å². The lowest BCUT2D eigenvalue weighted by Crippen LogP contribution is -2.15. The van der Waals surface area contributed by atoms with Crippen LogP contribution in [0.5, 0.6) is 0 Å². The van der Waals surface area contributed by atoms with E-state index in [9.17, 15) is 4.21 Å². The fraction of sp³-hybridized carbons (Fsp3) is 0.500. The highest BCUT2D eigenvalue weighted by atomic mass is 79.9. The first-order valence-corrected chi connectivity index (χ1v) is 8.08. The van der Waals surface area contributed by atoms with E-state index in [4.69, 9.17) is 0 Å². The van der Waals surface area contributed by atoms with E-state index < -0.39 is 10.8 Å². The summed E-state index contributed by atoms with van der Waals surface area (Å²) in [6.45, 7) is 2.76. The SMILES string of the molecule is CC(CCNc1ncc(Br)cc1Br)S(C)=O. The Labute approximate surface area is 115 Å². The fourth-order valence-electron chi connectivity index (χ4n) is 1.10. The van der Waals surface area contributed by atoms with Gasteiger partial charge in [0, 0.05) is 39.5 Å². The largest absolute Gasteiger partial charge is 0.369 e. The van der Waals surface area contributed by atoms with Gasteiger partial charge in [0.25, 0.3) is 0 Å². The van der Waals surface area contributed by atoms with E-state index in [0.717, 1.165) is 27.7 Å². The maximum Gasteiger partial charge on any atom is 0.140 e. The molecule has 0 aromatic carbocycles. The summed E-state index contributed by atoms with van der Waals surface area (Å²) in [5, 5.41) is 3.42. The van der Waals surface area contributed by atoms with Gasteiger partial charge in [-0.25, -0.2) is 4.98 Å². The lowest BCUT2D eigenvalue weighted by atomic mass is 10.3. The Bertz CT molecular complexity index is 387. The molecule has 0 aliphatic heterocycles. The van der Waals surface area contributed by atoms with Crippen molar-refractivity contribution in [3.05, 3.63) is 21.2 Å². The average Bonchev–Trinajstić information content (AvgIpc) is 2.20. The van der Waals surface area contributed by atoms with E-state index in [0.29, 0.717) is 0 Å². The Balaban J connectivity index is 2.46. The van der Waals surface area contributed by atoms with Gasteiger partial charge >= 0.3 is 0 Å². The summed E-state index contributed by atoms with van der Waals surface area (Å²) in [6.07, 6.45) is 4.35. The van der Waals surface area contributed by atoms with Crippen LogP contribution in [0.15, 0.2) is 21.2 Å². The molecule has 0 bridgehead atoms. The molecule has 0 aliphatic rings. The lowest BCUT2D eigenvalue weighted by Gasteiger charge is -2.10. The third-order valence-electron chi connectivity index (χ3n) is 2.22. The van der Waals surface area contributed by atoms with Crippen LogP contribution >= 0.6 is 31.9 Å². The number of hydrogen-bond acceptors (Lipinski definition) is 3. The maximum atomic E-state index is 11.1. The van der Waals surface area contributed by atoms with Crippen molar-refractivity contribution in [2.75, 3.05) is 18.1 Å². The van der Waals surface area contributed by atoms with Crippen molar-refractivity contribution < 1.29 is 4.21 Å². The molecule has 0 amide bonds. The number of halogens is 2. The van der Waals surface area contributed by atoms with Gasteiger partial charge in [-0.1, -0.05) is 6.92 Å². The first-order valence-electron chi connectivity index (χ1n) is 4.88. The molecule has 16 heavy (non-hydrogen) atoms. The van der Waals surface area contributed by atoms with Crippen molar-refractivity contribution in [2.24, 2.45) is 0 Å². The van der Waals surface area contributed by atoms with E-state index in [-0.39, 0.29) is 5.25 Å². The van der Waals surface area contributed by atoms with Crippen molar-refractivity contribution >= 4 is 48.5 Å². The minimum absolute atomic E-state index is 0.210. The van der Waals surface area contributed by atoms with Crippen molar-refractivity contribution in [3.63, 3.8) is 0 Å². The van der Waals surface area contributed by atoms with Gasteiger partial charge in [0.05, 0.1) is 4.47 Å². The van der Waals surface area contributed by atoms with Crippen LogP contribution in [0, 0.1) is 0 Å². The van der Waals surface area contributed by atoms with Crippen molar-refractivity contribution in [2.45, 2.75) is 18.6 Å². The second-order valence-electron chi connectivity index (χ2n) is 3.51. The standard InChI is InChI=1S/C10H14Br2N2OS/c1-7(16(2)15)3-4-13-10-9(12)5-8(11)6-14-10/h5-7H,3-4H2,1-2H3,(H,13,14). The van der Waals surface area contributed by atoms with Crippen LogP contribution in [-0.2, 0) is 10.8 Å². The molecule has 0 fully saturated rings. The summed E-state index contributed by atoms with van der Waals surface area (Å²) in [5.41, 5.74) is 0. The number of nitrogens with one attached hydrogen (secondary N) is 1. The summed E-state index contributed by atoms with van der Waals surface area (Å²) in [4.78, 5) is 4.24. The number of aromatic nitrogens is 1. The monoisotopic (exact) mass is 368 g/mol. The molecule has 6 heteroatoms. The Morgan fingerprint density at radius 1 is 1.56 bits per heavy atom. The number of hydrogen-bond donors (Lipinski definition) is 1. The number of nitrogens with zero attached hydrogens (tertiary/aromatic N) is 1. The molecule has 0 radical (unpaired) electrons. The normalized spacial score (nSPS) is 14.5. The number of anilines is 1. The fourth-order valence-corrected chi connectivity index (χ4v) is 2.68. The molecule has 0 aliphatic carbocycles. The predicted octanol–water partition coefficient (Wildman–Crippen LogP) is 3.18.